The molecule has 166 valence electrons. The van der Waals surface area contributed by atoms with Gasteiger partial charge in [0.05, 0.1) is 27.2 Å². The molecular weight excluding hydrogens is 438 g/mol. The number of nitrogens with zero attached hydrogens (tertiary/aromatic N) is 5. The van der Waals surface area contributed by atoms with Crippen LogP contribution in [0.5, 0.6) is 0 Å². The Balaban J connectivity index is 1.60. The summed E-state index contributed by atoms with van der Waals surface area (Å²) in [7, 11) is -3.51. The van der Waals surface area contributed by atoms with Crippen molar-refractivity contribution in [3.05, 3.63) is 34.8 Å². The summed E-state index contributed by atoms with van der Waals surface area (Å²) in [6, 6.07) is 5.64. The Morgan fingerprint density at radius 1 is 1.23 bits per heavy atom. The molecule has 9 nitrogen and oxygen atoms in total. The number of carbonyl (C=O) groups is 1. The third-order valence-corrected chi connectivity index (χ3v) is 8.58. The molecule has 4 heterocycles. The highest BCUT2D eigenvalue weighted by atomic mass is 32.2. The van der Waals surface area contributed by atoms with E-state index in [9.17, 15) is 13.2 Å². The van der Waals surface area contributed by atoms with Crippen LogP contribution in [0.3, 0.4) is 0 Å². The minimum Gasteiger partial charge on any atom is -0.336 e. The van der Waals surface area contributed by atoms with E-state index in [4.69, 9.17) is 4.52 Å². The average molecular weight is 464 g/mol. The Morgan fingerprint density at radius 3 is 2.55 bits per heavy atom. The SMILES string of the molecule is CCN(CC)S(=O)(=O)N1CCN(C(=O)c2cc(-c3cccs3)nc3onc(C)c23)CC1. The molecule has 0 radical (unpaired) electrons. The van der Waals surface area contributed by atoms with E-state index in [0.29, 0.717) is 54.2 Å². The Bertz CT molecular complexity index is 1180. The molecule has 4 rings (SSSR count). The molecule has 31 heavy (non-hydrogen) atoms. The first-order chi connectivity index (χ1) is 14.9. The predicted octanol–water partition coefficient (Wildman–Crippen LogP) is 2.60. The number of carbonyl (C=O) groups excluding carboxylic acids is 1. The second-order valence-corrected chi connectivity index (χ2v) is 10.1. The van der Waals surface area contributed by atoms with Crippen LogP contribution in [0.1, 0.15) is 29.9 Å². The van der Waals surface area contributed by atoms with Gasteiger partial charge in [-0.05, 0) is 24.4 Å². The molecule has 1 fully saturated rings. The van der Waals surface area contributed by atoms with Crippen LogP contribution in [0.4, 0.5) is 0 Å². The zero-order valence-electron chi connectivity index (χ0n) is 17.7. The molecule has 0 aliphatic carbocycles. The third-order valence-electron chi connectivity index (χ3n) is 5.50. The van der Waals surface area contributed by atoms with E-state index in [1.807, 2.05) is 31.4 Å². The maximum absolute atomic E-state index is 13.4. The number of aryl methyl sites for hydroxylation is 1. The summed E-state index contributed by atoms with van der Waals surface area (Å²) in [4.78, 5) is 20.6. The molecule has 1 saturated heterocycles. The van der Waals surface area contributed by atoms with Gasteiger partial charge in [0.15, 0.2) is 0 Å². The molecule has 0 unspecified atom stereocenters. The van der Waals surface area contributed by atoms with Crippen molar-refractivity contribution in [3.63, 3.8) is 0 Å². The van der Waals surface area contributed by atoms with Crippen LogP contribution in [-0.2, 0) is 10.2 Å². The number of fused-ring (bicyclic) bond motifs is 1. The number of amides is 1. The highest BCUT2D eigenvalue weighted by molar-refractivity contribution is 7.86. The highest BCUT2D eigenvalue weighted by Crippen LogP contribution is 2.30. The first-order valence-corrected chi connectivity index (χ1v) is 12.5. The van der Waals surface area contributed by atoms with Gasteiger partial charge in [0.1, 0.15) is 0 Å². The molecule has 1 aliphatic heterocycles. The van der Waals surface area contributed by atoms with Crippen LogP contribution in [0.2, 0.25) is 0 Å². The Labute approximate surface area is 185 Å². The topological polar surface area (TPSA) is 99.9 Å². The van der Waals surface area contributed by atoms with Gasteiger partial charge in [0.2, 0.25) is 0 Å². The van der Waals surface area contributed by atoms with Gasteiger partial charge in [-0.15, -0.1) is 11.3 Å². The van der Waals surface area contributed by atoms with Crippen molar-refractivity contribution in [3.8, 4) is 10.6 Å². The van der Waals surface area contributed by atoms with Crippen molar-refractivity contribution >= 4 is 38.6 Å². The Morgan fingerprint density at radius 2 is 1.94 bits per heavy atom. The first-order valence-electron chi connectivity index (χ1n) is 10.2. The molecule has 3 aromatic rings. The molecule has 0 saturated carbocycles. The molecule has 0 bridgehead atoms. The quantitative estimate of drug-likeness (QED) is 0.557. The number of hydrogen-bond donors (Lipinski definition) is 0. The van der Waals surface area contributed by atoms with E-state index in [1.54, 1.807) is 17.9 Å². The van der Waals surface area contributed by atoms with Crippen LogP contribution in [0.25, 0.3) is 21.7 Å². The normalized spacial score (nSPS) is 15.8. The van der Waals surface area contributed by atoms with Crippen LogP contribution in [0, 0.1) is 6.92 Å². The van der Waals surface area contributed by atoms with E-state index < -0.39 is 10.2 Å². The molecule has 0 aromatic carbocycles. The van der Waals surface area contributed by atoms with Gasteiger partial charge in [-0.3, -0.25) is 4.79 Å². The first kappa shape index (κ1) is 21.9. The summed E-state index contributed by atoms with van der Waals surface area (Å²) in [6.07, 6.45) is 0. The standard InChI is InChI=1S/C20H25N5O4S2/c1-4-24(5-2)31(27,28)25-10-8-23(9-11-25)20(26)15-13-16(17-7-6-12-30-17)21-19-18(15)14(3)22-29-19/h6-7,12-13H,4-5,8-11H2,1-3H3. The average Bonchev–Trinajstić information content (AvgIpc) is 3.44. The lowest BCUT2D eigenvalue weighted by molar-refractivity contribution is 0.0696. The number of piperazine rings is 1. The highest BCUT2D eigenvalue weighted by Gasteiger charge is 2.33. The van der Waals surface area contributed by atoms with Crippen molar-refractivity contribution in [1.82, 2.24) is 23.7 Å². The van der Waals surface area contributed by atoms with E-state index in [0.717, 1.165) is 4.88 Å². The molecule has 0 spiro atoms. The van der Waals surface area contributed by atoms with E-state index >= 15 is 0 Å². The van der Waals surface area contributed by atoms with Gasteiger partial charge in [-0.25, -0.2) is 4.98 Å². The van der Waals surface area contributed by atoms with Gasteiger partial charge in [-0.2, -0.15) is 17.0 Å². The Hall–Kier alpha value is -2.34. The molecule has 1 aliphatic rings. The molecular formula is C20H25N5O4S2. The molecule has 0 atom stereocenters. The number of aromatic nitrogens is 2. The molecule has 0 N–H and O–H groups in total. The van der Waals surface area contributed by atoms with Crippen molar-refractivity contribution in [2.24, 2.45) is 0 Å². The fourth-order valence-corrected chi connectivity index (χ4v) is 6.11. The second kappa shape index (κ2) is 8.65. The van der Waals surface area contributed by atoms with Gasteiger partial charge >= 0.3 is 0 Å². The van der Waals surface area contributed by atoms with Gasteiger partial charge < -0.3 is 9.42 Å². The maximum Gasteiger partial charge on any atom is 0.282 e. The van der Waals surface area contributed by atoms with Gasteiger partial charge in [0.25, 0.3) is 21.8 Å². The smallest absolute Gasteiger partial charge is 0.282 e. The summed E-state index contributed by atoms with van der Waals surface area (Å²) in [5, 5.41) is 6.54. The van der Waals surface area contributed by atoms with Crippen LogP contribution >= 0.6 is 11.3 Å². The summed E-state index contributed by atoms with van der Waals surface area (Å²) >= 11 is 1.53. The van der Waals surface area contributed by atoms with Crippen molar-refractivity contribution < 1.29 is 17.7 Å². The van der Waals surface area contributed by atoms with Crippen LogP contribution in [0.15, 0.2) is 28.1 Å². The molecule has 1 amide bonds. The molecule has 11 heteroatoms. The second-order valence-electron chi connectivity index (χ2n) is 7.26. The summed E-state index contributed by atoms with van der Waals surface area (Å²) in [6.45, 7) is 7.44. The summed E-state index contributed by atoms with van der Waals surface area (Å²) < 4.78 is 33.8. The number of pyridine rings is 1. The van der Waals surface area contributed by atoms with Gasteiger partial charge in [-0.1, -0.05) is 25.1 Å². The largest absolute Gasteiger partial charge is 0.336 e. The maximum atomic E-state index is 13.4. The lowest BCUT2D eigenvalue weighted by atomic mass is 10.1. The lowest BCUT2D eigenvalue weighted by Gasteiger charge is -2.36. The summed E-state index contributed by atoms with van der Waals surface area (Å²) in [5.74, 6) is -0.170. The third kappa shape index (κ3) is 3.98. The number of hydrogen-bond acceptors (Lipinski definition) is 7. The summed E-state index contributed by atoms with van der Waals surface area (Å²) in [5.41, 5.74) is 2.07. The van der Waals surface area contributed by atoms with Crippen molar-refractivity contribution in [2.45, 2.75) is 20.8 Å². The van der Waals surface area contributed by atoms with Crippen LogP contribution < -0.4 is 0 Å². The van der Waals surface area contributed by atoms with Crippen molar-refractivity contribution in [1.29, 1.82) is 0 Å². The predicted molar refractivity (Wildman–Crippen MR) is 119 cm³/mol. The minimum atomic E-state index is -3.51. The van der Waals surface area contributed by atoms with Gasteiger partial charge in [0, 0.05) is 39.3 Å². The van der Waals surface area contributed by atoms with Crippen LogP contribution in [-0.4, -0.2) is 77.2 Å². The fourth-order valence-electron chi connectivity index (χ4n) is 3.82. The number of rotatable bonds is 6. The number of thiophene rings is 1. The fraction of sp³-hybridized carbons (Fsp3) is 0.450. The zero-order valence-corrected chi connectivity index (χ0v) is 19.4. The lowest BCUT2D eigenvalue weighted by Crippen LogP contribution is -2.54. The minimum absolute atomic E-state index is 0.170. The molecule has 3 aromatic heterocycles. The van der Waals surface area contributed by atoms with E-state index in [2.05, 4.69) is 10.1 Å². The van der Waals surface area contributed by atoms with E-state index in [1.165, 1.54) is 19.9 Å². The van der Waals surface area contributed by atoms with E-state index in [-0.39, 0.29) is 19.0 Å². The van der Waals surface area contributed by atoms with Crippen molar-refractivity contribution in [2.75, 3.05) is 39.3 Å². The monoisotopic (exact) mass is 463 g/mol. The zero-order chi connectivity index (χ0) is 22.2. The Kier molecular flexibility index (Phi) is 6.11.